The van der Waals surface area contributed by atoms with Gasteiger partial charge in [-0.1, -0.05) is 39.5 Å². The highest BCUT2D eigenvalue weighted by Gasteiger charge is 2.46. The van der Waals surface area contributed by atoms with Crippen molar-refractivity contribution in [2.45, 2.75) is 90.2 Å². The molecule has 3 atom stereocenters. The van der Waals surface area contributed by atoms with Crippen LogP contribution in [0.1, 0.15) is 78.6 Å². The Balaban J connectivity index is 2.15. The van der Waals surface area contributed by atoms with Crippen LogP contribution in [-0.4, -0.2) is 24.8 Å². The Morgan fingerprint density at radius 3 is 2.50 bits per heavy atom. The highest BCUT2D eigenvalue weighted by Crippen LogP contribution is 2.43. The predicted octanol–water partition coefficient (Wildman–Crippen LogP) is 4.53. The first-order chi connectivity index (χ1) is 9.72. The van der Waals surface area contributed by atoms with E-state index in [1.165, 1.54) is 57.8 Å². The molecule has 2 heteroatoms. The van der Waals surface area contributed by atoms with Gasteiger partial charge in [-0.2, -0.15) is 0 Å². The summed E-state index contributed by atoms with van der Waals surface area (Å²) in [6, 6.07) is 0.590. The second kappa shape index (κ2) is 7.79. The molecule has 2 aliphatic rings. The van der Waals surface area contributed by atoms with Crippen LogP contribution in [0.15, 0.2) is 0 Å². The van der Waals surface area contributed by atoms with E-state index in [2.05, 4.69) is 26.1 Å². The van der Waals surface area contributed by atoms with Crippen LogP contribution in [0.25, 0.3) is 0 Å². The lowest BCUT2D eigenvalue weighted by Gasteiger charge is -2.48. The van der Waals surface area contributed by atoms with E-state index in [1.54, 1.807) is 0 Å². The van der Waals surface area contributed by atoms with E-state index < -0.39 is 0 Å². The molecule has 0 aromatic heterocycles. The fourth-order valence-electron chi connectivity index (χ4n) is 4.71. The molecule has 2 rings (SSSR count). The van der Waals surface area contributed by atoms with Crippen molar-refractivity contribution < 1.29 is 4.74 Å². The maximum atomic E-state index is 6.45. The van der Waals surface area contributed by atoms with E-state index in [0.29, 0.717) is 6.04 Å². The monoisotopic (exact) mass is 281 g/mol. The molecule has 118 valence electrons. The van der Waals surface area contributed by atoms with Gasteiger partial charge in [0.25, 0.3) is 0 Å². The summed E-state index contributed by atoms with van der Waals surface area (Å²) in [4.78, 5) is 0. The topological polar surface area (TPSA) is 21.3 Å². The minimum absolute atomic E-state index is 0.122. The molecule has 2 aliphatic carbocycles. The molecular weight excluding hydrogens is 246 g/mol. The molecule has 0 aliphatic heterocycles. The van der Waals surface area contributed by atoms with Crippen molar-refractivity contribution in [2.24, 2.45) is 11.8 Å². The highest BCUT2D eigenvalue weighted by atomic mass is 16.5. The van der Waals surface area contributed by atoms with Crippen LogP contribution in [-0.2, 0) is 4.74 Å². The molecule has 20 heavy (non-hydrogen) atoms. The van der Waals surface area contributed by atoms with Gasteiger partial charge in [0.05, 0.1) is 5.60 Å². The van der Waals surface area contributed by atoms with E-state index >= 15 is 0 Å². The maximum absolute atomic E-state index is 6.45. The predicted molar refractivity (Wildman–Crippen MR) is 86.0 cm³/mol. The number of nitrogens with one attached hydrogen (secondary N) is 1. The maximum Gasteiger partial charge on any atom is 0.0839 e. The van der Waals surface area contributed by atoms with E-state index in [0.717, 1.165) is 25.0 Å². The lowest BCUT2D eigenvalue weighted by atomic mass is 9.70. The Bertz CT molecular complexity index is 271. The number of rotatable bonds is 7. The third-order valence-corrected chi connectivity index (χ3v) is 5.47. The summed E-state index contributed by atoms with van der Waals surface area (Å²) in [5.74, 6) is 1.67. The summed E-state index contributed by atoms with van der Waals surface area (Å²) in [6.45, 7) is 8.87. The van der Waals surface area contributed by atoms with Crippen molar-refractivity contribution >= 4 is 0 Å². The molecule has 3 unspecified atom stereocenters. The van der Waals surface area contributed by atoms with Gasteiger partial charge in [-0.15, -0.1) is 0 Å². The lowest BCUT2D eigenvalue weighted by molar-refractivity contribution is -0.112. The first kappa shape index (κ1) is 16.3. The minimum Gasteiger partial charge on any atom is -0.374 e. The van der Waals surface area contributed by atoms with Gasteiger partial charge in [0.1, 0.15) is 0 Å². The van der Waals surface area contributed by atoms with Crippen molar-refractivity contribution in [2.75, 3.05) is 13.2 Å². The smallest absolute Gasteiger partial charge is 0.0839 e. The Kier molecular flexibility index (Phi) is 6.35. The molecule has 0 amide bonds. The van der Waals surface area contributed by atoms with E-state index in [1.807, 2.05) is 0 Å². The van der Waals surface area contributed by atoms with Crippen LogP contribution in [0.3, 0.4) is 0 Å². The zero-order valence-electron chi connectivity index (χ0n) is 13.9. The van der Waals surface area contributed by atoms with Gasteiger partial charge in [0.15, 0.2) is 0 Å². The fraction of sp³-hybridized carbons (Fsp3) is 1.00. The average molecular weight is 281 g/mol. The Hall–Kier alpha value is -0.0800. The van der Waals surface area contributed by atoms with Crippen LogP contribution >= 0.6 is 0 Å². The van der Waals surface area contributed by atoms with E-state index in [9.17, 15) is 0 Å². The van der Waals surface area contributed by atoms with Gasteiger partial charge in [-0.25, -0.2) is 0 Å². The SMILES string of the molecule is CCCNC(C1CCCC1)C1(OCC)CCCC(C)C1. The zero-order chi connectivity index (χ0) is 14.4. The van der Waals surface area contributed by atoms with Crippen LogP contribution in [0.2, 0.25) is 0 Å². The van der Waals surface area contributed by atoms with Crippen LogP contribution in [0, 0.1) is 11.8 Å². The van der Waals surface area contributed by atoms with Gasteiger partial charge in [-0.3, -0.25) is 0 Å². The second-order valence-electron chi connectivity index (χ2n) is 7.18. The van der Waals surface area contributed by atoms with Crippen molar-refractivity contribution in [1.29, 1.82) is 0 Å². The summed E-state index contributed by atoms with van der Waals surface area (Å²) in [6.07, 6.45) is 12.1. The van der Waals surface area contributed by atoms with Gasteiger partial charge in [0.2, 0.25) is 0 Å². The molecule has 2 fully saturated rings. The normalized spacial score (nSPS) is 33.5. The summed E-state index contributed by atoms with van der Waals surface area (Å²) >= 11 is 0. The molecule has 2 nitrogen and oxygen atoms in total. The molecule has 1 N–H and O–H groups in total. The van der Waals surface area contributed by atoms with Gasteiger partial charge >= 0.3 is 0 Å². The van der Waals surface area contributed by atoms with Crippen molar-refractivity contribution in [3.63, 3.8) is 0 Å². The summed E-state index contributed by atoms with van der Waals surface area (Å²) in [5, 5.41) is 3.90. The lowest BCUT2D eigenvalue weighted by Crippen LogP contribution is -2.58. The third-order valence-electron chi connectivity index (χ3n) is 5.47. The van der Waals surface area contributed by atoms with Crippen LogP contribution in [0.4, 0.5) is 0 Å². The number of ether oxygens (including phenoxy) is 1. The molecule has 0 spiro atoms. The van der Waals surface area contributed by atoms with E-state index in [-0.39, 0.29) is 5.60 Å². The first-order valence-electron chi connectivity index (χ1n) is 9.09. The van der Waals surface area contributed by atoms with Crippen molar-refractivity contribution in [1.82, 2.24) is 5.32 Å². The Morgan fingerprint density at radius 2 is 1.90 bits per heavy atom. The van der Waals surface area contributed by atoms with E-state index in [4.69, 9.17) is 4.74 Å². The molecule has 0 bridgehead atoms. The minimum atomic E-state index is 0.122. The average Bonchev–Trinajstić information content (AvgIpc) is 2.93. The van der Waals surface area contributed by atoms with Gasteiger partial charge < -0.3 is 10.1 Å². The van der Waals surface area contributed by atoms with Crippen molar-refractivity contribution in [3.8, 4) is 0 Å². The van der Waals surface area contributed by atoms with Crippen molar-refractivity contribution in [3.05, 3.63) is 0 Å². The molecule has 2 saturated carbocycles. The molecule has 0 aromatic rings. The zero-order valence-corrected chi connectivity index (χ0v) is 13.9. The summed E-state index contributed by atoms with van der Waals surface area (Å²) in [7, 11) is 0. The number of hydrogen-bond acceptors (Lipinski definition) is 2. The molecule has 0 heterocycles. The fourth-order valence-corrected chi connectivity index (χ4v) is 4.71. The van der Waals surface area contributed by atoms with Gasteiger partial charge in [-0.05, 0) is 57.4 Å². The summed E-state index contributed by atoms with van der Waals surface area (Å²) in [5.41, 5.74) is 0.122. The largest absolute Gasteiger partial charge is 0.374 e. The molecule has 0 radical (unpaired) electrons. The molecular formula is C18H35NO. The van der Waals surface area contributed by atoms with Crippen LogP contribution in [0.5, 0.6) is 0 Å². The first-order valence-corrected chi connectivity index (χ1v) is 9.09. The van der Waals surface area contributed by atoms with Gasteiger partial charge in [0, 0.05) is 12.6 Å². The quantitative estimate of drug-likeness (QED) is 0.740. The Morgan fingerprint density at radius 1 is 1.15 bits per heavy atom. The standard InChI is InChI=1S/C18H35NO/c1-4-13-19-17(16-10-6-7-11-16)18(20-5-2)12-8-9-15(3)14-18/h15-17,19H,4-14H2,1-3H3. The second-order valence-corrected chi connectivity index (χ2v) is 7.18. The molecule has 0 saturated heterocycles. The third kappa shape index (κ3) is 3.76. The number of hydrogen-bond donors (Lipinski definition) is 1. The Labute approximate surface area is 126 Å². The molecule has 0 aromatic carbocycles. The summed E-state index contributed by atoms with van der Waals surface area (Å²) < 4.78 is 6.45. The highest BCUT2D eigenvalue weighted by molar-refractivity contribution is 5.01. The van der Waals surface area contributed by atoms with Crippen LogP contribution < -0.4 is 5.32 Å².